The standard InChI is InChI=1S/C12H17Cl2NOS/c1-17(16)7-5-15(6-8-17)9-10-11(13)3-2-4-12(10)14/h2-4,16H,5-9H2,1H3. The molecular formula is C12H17Cl2NOS. The predicted octanol–water partition coefficient (Wildman–Crippen LogP) is 3.72. The number of halogens is 2. The summed E-state index contributed by atoms with van der Waals surface area (Å²) < 4.78 is 9.97. The van der Waals surface area contributed by atoms with E-state index in [0.717, 1.165) is 46.7 Å². The first-order valence-electron chi connectivity index (χ1n) is 5.59. The average Bonchev–Trinajstić information content (AvgIpc) is 2.26. The van der Waals surface area contributed by atoms with E-state index >= 15 is 0 Å². The predicted molar refractivity (Wildman–Crippen MR) is 77.6 cm³/mol. The van der Waals surface area contributed by atoms with E-state index in [1.165, 1.54) is 0 Å². The van der Waals surface area contributed by atoms with Gasteiger partial charge in [-0.05, 0) is 18.4 Å². The van der Waals surface area contributed by atoms with Gasteiger partial charge in [0.2, 0.25) is 0 Å². The molecule has 96 valence electrons. The Morgan fingerprint density at radius 2 is 1.76 bits per heavy atom. The third-order valence-electron chi connectivity index (χ3n) is 3.14. The molecule has 1 aromatic carbocycles. The van der Waals surface area contributed by atoms with E-state index in [1.807, 2.05) is 24.5 Å². The zero-order valence-corrected chi connectivity index (χ0v) is 12.2. The van der Waals surface area contributed by atoms with Gasteiger partial charge in [0.05, 0.1) is 0 Å². The molecule has 0 bridgehead atoms. The zero-order valence-electron chi connectivity index (χ0n) is 9.83. The Morgan fingerprint density at radius 3 is 2.29 bits per heavy atom. The van der Waals surface area contributed by atoms with Crippen LogP contribution in [0.4, 0.5) is 0 Å². The Labute approximate surface area is 114 Å². The van der Waals surface area contributed by atoms with E-state index in [2.05, 4.69) is 4.90 Å². The van der Waals surface area contributed by atoms with Crippen molar-refractivity contribution in [3.05, 3.63) is 33.8 Å². The molecule has 1 heterocycles. The maximum atomic E-state index is 9.97. The molecule has 1 fully saturated rings. The summed E-state index contributed by atoms with van der Waals surface area (Å²) in [6.45, 7) is 2.61. The lowest BCUT2D eigenvalue weighted by molar-refractivity contribution is 0.288. The number of benzene rings is 1. The van der Waals surface area contributed by atoms with Gasteiger partial charge in [0.15, 0.2) is 0 Å². The van der Waals surface area contributed by atoms with Gasteiger partial charge >= 0.3 is 0 Å². The minimum atomic E-state index is -1.34. The van der Waals surface area contributed by atoms with Gasteiger partial charge in [-0.3, -0.25) is 4.90 Å². The molecule has 0 aromatic heterocycles. The van der Waals surface area contributed by atoms with Crippen LogP contribution in [-0.2, 0) is 6.54 Å². The second-order valence-corrected chi connectivity index (χ2v) is 8.68. The molecule has 1 saturated heterocycles. The molecule has 1 aromatic rings. The van der Waals surface area contributed by atoms with E-state index < -0.39 is 10.3 Å². The SMILES string of the molecule is CS1(O)CCN(Cc2c(Cl)cccc2Cl)CC1. The second kappa shape index (κ2) is 5.37. The van der Waals surface area contributed by atoms with Gasteiger partial charge < -0.3 is 4.55 Å². The van der Waals surface area contributed by atoms with Crippen LogP contribution >= 0.6 is 33.5 Å². The smallest absolute Gasteiger partial charge is 0.0465 e. The van der Waals surface area contributed by atoms with Crippen LogP contribution in [0.25, 0.3) is 0 Å². The van der Waals surface area contributed by atoms with Gasteiger partial charge in [-0.15, -0.1) is 10.3 Å². The summed E-state index contributed by atoms with van der Waals surface area (Å²) in [4.78, 5) is 2.30. The van der Waals surface area contributed by atoms with Crippen molar-refractivity contribution in [1.82, 2.24) is 4.90 Å². The molecule has 17 heavy (non-hydrogen) atoms. The van der Waals surface area contributed by atoms with Crippen molar-refractivity contribution in [2.24, 2.45) is 0 Å². The largest absolute Gasteiger partial charge is 0.352 e. The van der Waals surface area contributed by atoms with Crippen molar-refractivity contribution < 1.29 is 4.55 Å². The Balaban J connectivity index is 2.03. The molecule has 0 aliphatic carbocycles. The third kappa shape index (κ3) is 3.52. The van der Waals surface area contributed by atoms with E-state index in [1.54, 1.807) is 0 Å². The molecule has 1 aliphatic rings. The topological polar surface area (TPSA) is 23.5 Å². The van der Waals surface area contributed by atoms with Crippen molar-refractivity contribution in [3.8, 4) is 0 Å². The Hall–Kier alpha value is 0.0700. The molecule has 2 rings (SSSR count). The fraction of sp³-hybridized carbons (Fsp3) is 0.500. The van der Waals surface area contributed by atoms with Gasteiger partial charge in [-0.25, -0.2) is 0 Å². The van der Waals surface area contributed by atoms with E-state index in [4.69, 9.17) is 23.2 Å². The lowest BCUT2D eigenvalue weighted by Gasteiger charge is -2.39. The third-order valence-corrected chi connectivity index (χ3v) is 5.97. The molecule has 2 nitrogen and oxygen atoms in total. The van der Waals surface area contributed by atoms with Crippen LogP contribution in [0.5, 0.6) is 0 Å². The molecule has 1 N–H and O–H groups in total. The fourth-order valence-corrected chi connectivity index (χ4v) is 3.95. The van der Waals surface area contributed by atoms with Crippen LogP contribution < -0.4 is 0 Å². The van der Waals surface area contributed by atoms with Crippen LogP contribution in [0.15, 0.2) is 18.2 Å². The highest BCUT2D eigenvalue weighted by Crippen LogP contribution is 2.41. The summed E-state index contributed by atoms with van der Waals surface area (Å²) in [5, 5.41) is 1.45. The maximum absolute atomic E-state index is 9.97. The molecule has 0 radical (unpaired) electrons. The molecular weight excluding hydrogens is 277 g/mol. The molecule has 5 heteroatoms. The summed E-state index contributed by atoms with van der Waals surface area (Å²) in [5.74, 6) is 1.77. The van der Waals surface area contributed by atoms with Crippen molar-refractivity contribution in [2.75, 3.05) is 30.9 Å². The number of rotatable bonds is 2. The van der Waals surface area contributed by atoms with Gasteiger partial charge in [0.25, 0.3) is 0 Å². The molecule has 1 aliphatic heterocycles. The van der Waals surface area contributed by atoms with Gasteiger partial charge in [0, 0.05) is 46.7 Å². The number of hydrogen-bond acceptors (Lipinski definition) is 2. The molecule has 0 unspecified atom stereocenters. The lowest BCUT2D eigenvalue weighted by atomic mass is 10.2. The van der Waals surface area contributed by atoms with E-state index in [0.29, 0.717) is 0 Å². The normalized spacial score (nSPS) is 22.4. The van der Waals surface area contributed by atoms with Crippen molar-refractivity contribution in [3.63, 3.8) is 0 Å². The Bertz CT molecular complexity index is 381. The zero-order chi connectivity index (χ0) is 12.5. The fourth-order valence-electron chi connectivity index (χ4n) is 1.93. The van der Waals surface area contributed by atoms with Crippen LogP contribution in [0.3, 0.4) is 0 Å². The number of nitrogens with zero attached hydrogens (tertiary/aromatic N) is 1. The first-order chi connectivity index (χ1) is 7.98. The van der Waals surface area contributed by atoms with Crippen LogP contribution in [0.1, 0.15) is 5.56 Å². The quantitative estimate of drug-likeness (QED) is 0.898. The highest BCUT2D eigenvalue weighted by Gasteiger charge is 2.23. The van der Waals surface area contributed by atoms with Gasteiger partial charge in [-0.1, -0.05) is 29.3 Å². The van der Waals surface area contributed by atoms with E-state index in [9.17, 15) is 4.55 Å². The molecule has 0 saturated carbocycles. The Kier molecular flexibility index (Phi) is 4.26. The lowest BCUT2D eigenvalue weighted by Crippen LogP contribution is -2.37. The van der Waals surface area contributed by atoms with Crippen LogP contribution in [0.2, 0.25) is 10.0 Å². The summed E-state index contributed by atoms with van der Waals surface area (Å²) >= 11 is 12.3. The first-order valence-corrected chi connectivity index (χ1v) is 8.68. The average molecular weight is 294 g/mol. The van der Waals surface area contributed by atoms with Gasteiger partial charge in [-0.2, -0.15) is 0 Å². The second-order valence-electron chi connectivity index (χ2n) is 4.61. The summed E-state index contributed by atoms with van der Waals surface area (Å²) in [6.07, 6.45) is 1.98. The maximum Gasteiger partial charge on any atom is 0.0465 e. The summed E-state index contributed by atoms with van der Waals surface area (Å²) in [5.41, 5.74) is 0.993. The minimum absolute atomic E-state index is 0.724. The van der Waals surface area contributed by atoms with Crippen molar-refractivity contribution in [1.29, 1.82) is 0 Å². The monoisotopic (exact) mass is 293 g/mol. The first kappa shape index (κ1) is 13.5. The van der Waals surface area contributed by atoms with Crippen LogP contribution in [-0.4, -0.2) is 40.3 Å². The van der Waals surface area contributed by atoms with Crippen molar-refractivity contribution in [2.45, 2.75) is 6.54 Å². The molecule has 0 amide bonds. The van der Waals surface area contributed by atoms with E-state index in [-0.39, 0.29) is 0 Å². The molecule has 0 atom stereocenters. The highest BCUT2D eigenvalue weighted by atomic mass is 35.5. The summed E-state index contributed by atoms with van der Waals surface area (Å²) in [6, 6.07) is 5.60. The summed E-state index contributed by atoms with van der Waals surface area (Å²) in [7, 11) is -1.34. The van der Waals surface area contributed by atoms with Crippen molar-refractivity contribution >= 4 is 33.5 Å². The molecule has 0 spiro atoms. The number of hydrogen-bond donors (Lipinski definition) is 1. The highest BCUT2D eigenvalue weighted by molar-refractivity contribution is 8.28. The van der Waals surface area contributed by atoms with Gasteiger partial charge in [0.1, 0.15) is 0 Å². The Morgan fingerprint density at radius 1 is 1.24 bits per heavy atom. The minimum Gasteiger partial charge on any atom is -0.352 e. The van der Waals surface area contributed by atoms with Crippen LogP contribution in [0, 0.1) is 0 Å².